The van der Waals surface area contributed by atoms with E-state index in [1.807, 2.05) is 0 Å². The van der Waals surface area contributed by atoms with Crippen LogP contribution < -0.4 is 0 Å². The Balaban J connectivity index is 2.33. The van der Waals surface area contributed by atoms with Crippen molar-refractivity contribution in [1.82, 2.24) is 0 Å². The summed E-state index contributed by atoms with van der Waals surface area (Å²) in [6, 6.07) is 6.47. The van der Waals surface area contributed by atoms with Crippen LogP contribution in [0.4, 0.5) is 26.3 Å². The van der Waals surface area contributed by atoms with Crippen molar-refractivity contribution in [2.75, 3.05) is 0 Å². The van der Waals surface area contributed by atoms with E-state index in [1.165, 1.54) is 0 Å². The number of carboxylic acid groups (broad SMARTS) is 2. The summed E-state index contributed by atoms with van der Waals surface area (Å²) in [5.74, 6) is -5.88. The summed E-state index contributed by atoms with van der Waals surface area (Å²) in [6.45, 7) is 0. The molecule has 0 amide bonds. The number of alkyl halides is 6. The third kappa shape index (κ3) is 5.49. The van der Waals surface area contributed by atoms with Crippen LogP contribution in [0.2, 0.25) is 0 Å². The normalized spacial score (nSPS) is 14.3. The highest BCUT2D eigenvalue weighted by molar-refractivity contribution is 5.80. The zero-order valence-electron chi connectivity index (χ0n) is 14.5. The van der Waals surface area contributed by atoms with Gasteiger partial charge in [-0.2, -0.15) is 26.3 Å². The van der Waals surface area contributed by atoms with Crippen LogP contribution >= 0.6 is 0 Å². The Bertz CT molecular complexity index is 796. The van der Waals surface area contributed by atoms with E-state index in [9.17, 15) is 46.1 Å². The fourth-order valence-electron chi connectivity index (χ4n) is 2.80. The summed E-state index contributed by atoms with van der Waals surface area (Å²) in [5.41, 5.74) is -2.10. The molecule has 1 unspecified atom stereocenters. The van der Waals surface area contributed by atoms with Crippen LogP contribution in [-0.4, -0.2) is 22.2 Å². The van der Waals surface area contributed by atoms with E-state index in [0.29, 0.717) is 24.3 Å². The van der Waals surface area contributed by atoms with Gasteiger partial charge in [0, 0.05) is 0 Å². The van der Waals surface area contributed by atoms with E-state index < -0.39 is 53.7 Å². The van der Waals surface area contributed by atoms with Gasteiger partial charge < -0.3 is 10.2 Å². The monoisotopic (exact) mass is 420 g/mol. The first-order valence-corrected chi connectivity index (χ1v) is 8.10. The first-order valence-electron chi connectivity index (χ1n) is 8.10. The molecule has 0 aliphatic heterocycles. The predicted octanol–water partition coefficient (Wildman–Crippen LogP) is 5.15. The number of carbonyl (C=O) groups is 2. The quantitative estimate of drug-likeness (QED) is 0.634. The van der Waals surface area contributed by atoms with Gasteiger partial charge in [-0.05, 0) is 41.8 Å². The first-order chi connectivity index (χ1) is 13.3. The minimum absolute atomic E-state index is 0.0522. The molecule has 156 valence electrons. The van der Waals surface area contributed by atoms with E-state index in [-0.39, 0.29) is 11.1 Å². The summed E-state index contributed by atoms with van der Waals surface area (Å²) in [5, 5.41) is 18.8. The smallest absolute Gasteiger partial charge is 0.416 e. The molecule has 0 aliphatic rings. The molecule has 4 nitrogen and oxygen atoms in total. The average Bonchev–Trinajstić information content (AvgIpc) is 2.60. The summed E-state index contributed by atoms with van der Waals surface area (Å²) in [4.78, 5) is 23.2. The van der Waals surface area contributed by atoms with Crippen molar-refractivity contribution in [3.05, 3.63) is 70.8 Å². The number of rotatable bonds is 6. The number of carboxylic acids is 2. The molecule has 0 fully saturated rings. The van der Waals surface area contributed by atoms with Crippen LogP contribution in [0.5, 0.6) is 0 Å². The minimum atomic E-state index is -4.62. The molecular formula is C19H14F6O4. The second kappa shape index (κ2) is 8.14. The van der Waals surface area contributed by atoms with Crippen molar-refractivity contribution in [2.45, 2.75) is 30.6 Å². The van der Waals surface area contributed by atoms with E-state index in [2.05, 4.69) is 0 Å². The first kappa shape index (κ1) is 22.3. The third-order valence-electron chi connectivity index (χ3n) is 4.35. The zero-order valence-corrected chi connectivity index (χ0v) is 14.5. The highest BCUT2D eigenvalue weighted by Gasteiger charge is 2.34. The molecule has 0 heterocycles. The average molecular weight is 420 g/mol. The Labute approximate surface area is 160 Å². The fraction of sp³-hybridized carbons (Fsp3) is 0.263. The Morgan fingerprint density at radius 1 is 0.655 bits per heavy atom. The lowest BCUT2D eigenvalue weighted by atomic mass is 9.84. The summed E-state index contributed by atoms with van der Waals surface area (Å²) < 4.78 is 76.0. The Hall–Kier alpha value is -3.04. The maximum Gasteiger partial charge on any atom is 0.416 e. The van der Waals surface area contributed by atoms with Gasteiger partial charge in [0.1, 0.15) is 0 Å². The molecule has 0 spiro atoms. The van der Waals surface area contributed by atoms with Crippen molar-refractivity contribution in [3.8, 4) is 0 Å². The SMILES string of the molecule is O=C(O)C(C[C@H](C(=O)O)c1ccc(C(F)(F)F)cc1)c1ccc(C(F)(F)F)cc1. The molecule has 0 aliphatic carbocycles. The molecule has 2 aromatic rings. The highest BCUT2D eigenvalue weighted by atomic mass is 19.4. The number of hydrogen-bond donors (Lipinski definition) is 2. The van der Waals surface area contributed by atoms with Crippen LogP contribution in [-0.2, 0) is 21.9 Å². The molecule has 0 radical (unpaired) electrons. The largest absolute Gasteiger partial charge is 0.481 e. The molecule has 2 aromatic carbocycles. The fourth-order valence-corrected chi connectivity index (χ4v) is 2.80. The van der Waals surface area contributed by atoms with Crippen molar-refractivity contribution < 1.29 is 46.1 Å². The summed E-state index contributed by atoms with van der Waals surface area (Å²) in [7, 11) is 0. The number of benzene rings is 2. The Morgan fingerprint density at radius 2 is 0.931 bits per heavy atom. The van der Waals surface area contributed by atoms with Crippen molar-refractivity contribution in [2.24, 2.45) is 0 Å². The van der Waals surface area contributed by atoms with Gasteiger partial charge in [-0.3, -0.25) is 9.59 Å². The van der Waals surface area contributed by atoms with Crippen molar-refractivity contribution in [3.63, 3.8) is 0 Å². The van der Waals surface area contributed by atoms with E-state index in [1.54, 1.807) is 0 Å². The molecule has 2 rings (SSSR count). The highest BCUT2D eigenvalue weighted by Crippen LogP contribution is 2.35. The molecule has 0 bridgehead atoms. The van der Waals surface area contributed by atoms with Gasteiger partial charge >= 0.3 is 24.3 Å². The van der Waals surface area contributed by atoms with Gasteiger partial charge in [-0.1, -0.05) is 24.3 Å². The van der Waals surface area contributed by atoms with Gasteiger partial charge in [0.05, 0.1) is 23.0 Å². The van der Waals surface area contributed by atoms with Gasteiger partial charge in [0.2, 0.25) is 0 Å². The van der Waals surface area contributed by atoms with Crippen LogP contribution in [0.1, 0.15) is 40.5 Å². The van der Waals surface area contributed by atoms with Crippen molar-refractivity contribution >= 4 is 11.9 Å². The van der Waals surface area contributed by atoms with Gasteiger partial charge in [-0.15, -0.1) is 0 Å². The molecular weight excluding hydrogens is 406 g/mol. The summed E-state index contributed by atoms with van der Waals surface area (Å²) >= 11 is 0. The van der Waals surface area contributed by atoms with E-state index in [0.717, 1.165) is 24.3 Å². The second-order valence-electron chi connectivity index (χ2n) is 6.26. The zero-order chi connectivity index (χ0) is 22.0. The molecule has 29 heavy (non-hydrogen) atoms. The van der Waals surface area contributed by atoms with Gasteiger partial charge in [0.25, 0.3) is 0 Å². The maximum absolute atomic E-state index is 12.7. The lowest BCUT2D eigenvalue weighted by Gasteiger charge is -2.19. The molecule has 10 heteroatoms. The third-order valence-corrected chi connectivity index (χ3v) is 4.35. The van der Waals surface area contributed by atoms with Gasteiger partial charge in [0.15, 0.2) is 0 Å². The maximum atomic E-state index is 12.7. The number of halogens is 6. The van der Waals surface area contributed by atoms with E-state index in [4.69, 9.17) is 0 Å². The predicted molar refractivity (Wildman–Crippen MR) is 88.3 cm³/mol. The lowest BCUT2D eigenvalue weighted by Crippen LogP contribution is -2.20. The van der Waals surface area contributed by atoms with Gasteiger partial charge in [-0.25, -0.2) is 0 Å². The number of hydrogen-bond acceptors (Lipinski definition) is 2. The number of aliphatic carboxylic acids is 2. The Morgan fingerprint density at radius 3 is 1.14 bits per heavy atom. The minimum Gasteiger partial charge on any atom is -0.481 e. The molecule has 0 saturated heterocycles. The van der Waals surface area contributed by atoms with Crippen LogP contribution in [0, 0.1) is 0 Å². The molecule has 0 aromatic heterocycles. The second-order valence-corrected chi connectivity index (χ2v) is 6.26. The lowest BCUT2D eigenvalue weighted by molar-refractivity contribution is -0.141. The van der Waals surface area contributed by atoms with Crippen molar-refractivity contribution in [1.29, 1.82) is 0 Å². The van der Waals surface area contributed by atoms with E-state index >= 15 is 0 Å². The molecule has 0 saturated carbocycles. The Kier molecular flexibility index (Phi) is 6.24. The standard InChI is InChI=1S/C19H14F6O4/c20-18(21,22)12-5-1-10(2-6-12)14(16(26)27)9-15(17(28)29)11-3-7-13(8-4-11)19(23,24)25/h1-8,14-15H,9H2,(H,26,27)(H,28,29)/t14-,15?/m0/s1. The molecule has 2 atom stereocenters. The van der Waals surface area contributed by atoms with Crippen LogP contribution in [0.25, 0.3) is 0 Å². The molecule has 2 N–H and O–H groups in total. The van der Waals surface area contributed by atoms with Crippen LogP contribution in [0.3, 0.4) is 0 Å². The van der Waals surface area contributed by atoms with Crippen LogP contribution in [0.15, 0.2) is 48.5 Å². The summed E-state index contributed by atoms with van der Waals surface area (Å²) in [6.07, 6.45) is -9.80. The topological polar surface area (TPSA) is 74.6 Å².